The van der Waals surface area contributed by atoms with E-state index in [4.69, 9.17) is 10.7 Å². The van der Waals surface area contributed by atoms with Crippen LogP contribution in [0.2, 0.25) is 0 Å². The number of aromatic amines is 1. The first-order chi connectivity index (χ1) is 12.2. The van der Waals surface area contributed by atoms with Crippen LogP contribution in [0.3, 0.4) is 0 Å². The summed E-state index contributed by atoms with van der Waals surface area (Å²) in [4.78, 5) is 22.4. The monoisotopic (exact) mass is 334 g/mol. The van der Waals surface area contributed by atoms with E-state index >= 15 is 0 Å². The van der Waals surface area contributed by atoms with Crippen LogP contribution in [0, 0.1) is 0 Å². The van der Waals surface area contributed by atoms with E-state index < -0.39 is 0 Å². The molecule has 1 aliphatic heterocycles. The summed E-state index contributed by atoms with van der Waals surface area (Å²) in [6.45, 7) is 1.68. The van der Waals surface area contributed by atoms with E-state index in [1.807, 2.05) is 48.5 Å². The molecule has 3 aromatic rings. The summed E-state index contributed by atoms with van der Waals surface area (Å²) in [6, 6.07) is 17.6. The van der Waals surface area contributed by atoms with Gasteiger partial charge in [-0.15, -0.1) is 0 Å². The summed E-state index contributed by atoms with van der Waals surface area (Å²) in [5, 5.41) is 0. The predicted molar refractivity (Wildman–Crippen MR) is 98.0 cm³/mol. The first-order valence-corrected chi connectivity index (χ1v) is 8.75. The Hall–Kier alpha value is -2.66. The summed E-state index contributed by atoms with van der Waals surface area (Å²) in [5.41, 5.74) is 8.76. The number of nitrogens with one attached hydrogen (secondary N) is 1. The first-order valence-electron chi connectivity index (χ1n) is 8.75. The van der Waals surface area contributed by atoms with Gasteiger partial charge < -0.3 is 10.7 Å². The van der Waals surface area contributed by atoms with E-state index in [1.54, 1.807) is 0 Å². The highest BCUT2D eigenvalue weighted by atomic mass is 16.1. The van der Waals surface area contributed by atoms with Gasteiger partial charge in [0.2, 0.25) is 5.91 Å². The van der Waals surface area contributed by atoms with E-state index in [1.165, 1.54) is 0 Å². The number of hydrogen-bond donors (Lipinski definition) is 2. The minimum atomic E-state index is -0.349. The molecule has 1 amide bonds. The van der Waals surface area contributed by atoms with Crippen molar-refractivity contribution in [2.24, 2.45) is 5.73 Å². The molecule has 1 atom stereocenters. The Morgan fingerprint density at radius 1 is 1.08 bits per heavy atom. The van der Waals surface area contributed by atoms with Gasteiger partial charge in [-0.05, 0) is 43.6 Å². The van der Waals surface area contributed by atoms with E-state index in [9.17, 15) is 4.79 Å². The number of amides is 1. The highest BCUT2D eigenvalue weighted by Gasteiger charge is 2.31. The van der Waals surface area contributed by atoms with E-state index in [-0.39, 0.29) is 11.9 Å². The molecule has 1 aromatic heterocycles. The number of carbonyl (C=O) groups excluding carboxylic acids is 1. The Morgan fingerprint density at radius 2 is 1.76 bits per heavy atom. The summed E-state index contributed by atoms with van der Waals surface area (Å²) >= 11 is 0. The van der Waals surface area contributed by atoms with Gasteiger partial charge in [0.15, 0.2) is 0 Å². The number of para-hydroxylation sites is 2. The van der Waals surface area contributed by atoms with Crippen molar-refractivity contribution in [2.45, 2.75) is 24.8 Å². The fourth-order valence-corrected chi connectivity index (χ4v) is 3.79. The topological polar surface area (TPSA) is 75.0 Å². The number of fused-ring (bicyclic) bond motifs is 1. The molecule has 0 spiro atoms. The maximum atomic E-state index is 12.0. The zero-order chi connectivity index (χ0) is 17.2. The Balaban J connectivity index is 1.49. The van der Waals surface area contributed by atoms with E-state index in [2.05, 4.69) is 16.0 Å². The van der Waals surface area contributed by atoms with Crippen molar-refractivity contribution >= 4 is 16.9 Å². The van der Waals surface area contributed by atoms with Crippen LogP contribution in [-0.4, -0.2) is 33.9 Å². The van der Waals surface area contributed by atoms with Gasteiger partial charge in [-0.25, -0.2) is 4.98 Å². The molecule has 128 valence electrons. The second-order valence-electron chi connectivity index (χ2n) is 6.67. The van der Waals surface area contributed by atoms with Crippen molar-refractivity contribution in [3.8, 4) is 0 Å². The third-order valence-corrected chi connectivity index (χ3v) is 5.07. The number of likely N-dealkylation sites (tertiary alicyclic amines) is 1. The highest BCUT2D eigenvalue weighted by Crippen LogP contribution is 2.31. The summed E-state index contributed by atoms with van der Waals surface area (Å²) in [7, 11) is 0. The number of hydrogen-bond acceptors (Lipinski definition) is 3. The molecule has 3 N–H and O–H groups in total. The van der Waals surface area contributed by atoms with Crippen molar-refractivity contribution in [1.82, 2.24) is 14.9 Å². The molecule has 5 heteroatoms. The Bertz CT molecular complexity index is 833. The zero-order valence-electron chi connectivity index (χ0n) is 14.1. The molecular weight excluding hydrogens is 312 g/mol. The standard InChI is InChI=1S/C20H22N4O/c21-19(25)18(14-6-2-1-3-7-14)24-12-10-15(11-13-24)20-22-16-8-4-5-9-17(16)23-20/h1-9,15,18H,10-13H2,(H2,21,25)(H,22,23)/t18-/m0/s1. The van der Waals surface area contributed by atoms with Crippen LogP contribution in [0.1, 0.15) is 36.2 Å². The predicted octanol–water partition coefficient (Wildman–Crippen LogP) is 2.97. The van der Waals surface area contributed by atoms with Crippen molar-refractivity contribution in [3.05, 3.63) is 66.0 Å². The lowest BCUT2D eigenvalue weighted by Crippen LogP contribution is -2.42. The first kappa shape index (κ1) is 15.8. The molecule has 5 nitrogen and oxygen atoms in total. The summed E-state index contributed by atoms with van der Waals surface area (Å²) in [6.07, 6.45) is 1.94. The molecule has 0 bridgehead atoms. The van der Waals surface area contributed by atoms with Crippen LogP contribution in [0.4, 0.5) is 0 Å². The quantitative estimate of drug-likeness (QED) is 0.770. The number of nitrogens with zero attached hydrogens (tertiary/aromatic N) is 2. The summed E-state index contributed by atoms with van der Waals surface area (Å²) in [5.74, 6) is 1.16. The number of carbonyl (C=O) groups is 1. The average Bonchev–Trinajstić information content (AvgIpc) is 3.07. The minimum Gasteiger partial charge on any atom is -0.368 e. The van der Waals surface area contributed by atoms with Crippen molar-refractivity contribution in [2.75, 3.05) is 13.1 Å². The Morgan fingerprint density at radius 3 is 2.44 bits per heavy atom. The zero-order valence-corrected chi connectivity index (χ0v) is 14.1. The van der Waals surface area contributed by atoms with E-state index in [0.717, 1.165) is 48.4 Å². The van der Waals surface area contributed by atoms with Gasteiger partial charge in [-0.1, -0.05) is 42.5 Å². The minimum absolute atomic E-state index is 0.284. The normalized spacial score (nSPS) is 17.6. The van der Waals surface area contributed by atoms with Gasteiger partial charge in [0, 0.05) is 5.92 Å². The number of rotatable bonds is 4. The van der Waals surface area contributed by atoms with Gasteiger partial charge >= 0.3 is 0 Å². The van der Waals surface area contributed by atoms with Gasteiger partial charge in [0.1, 0.15) is 11.9 Å². The second-order valence-corrected chi connectivity index (χ2v) is 6.67. The average molecular weight is 334 g/mol. The summed E-state index contributed by atoms with van der Waals surface area (Å²) < 4.78 is 0. The fourth-order valence-electron chi connectivity index (χ4n) is 3.79. The van der Waals surface area contributed by atoms with Crippen molar-refractivity contribution in [3.63, 3.8) is 0 Å². The SMILES string of the molecule is NC(=O)[C@H](c1ccccc1)N1CCC(c2nc3ccccc3[nH]2)CC1. The number of nitrogens with two attached hydrogens (primary N) is 1. The van der Waals surface area contributed by atoms with Crippen molar-refractivity contribution < 1.29 is 4.79 Å². The molecule has 1 saturated heterocycles. The Kier molecular flexibility index (Phi) is 4.24. The van der Waals surface area contributed by atoms with Crippen molar-refractivity contribution in [1.29, 1.82) is 0 Å². The molecule has 0 radical (unpaired) electrons. The molecule has 25 heavy (non-hydrogen) atoms. The molecule has 1 fully saturated rings. The molecule has 0 unspecified atom stereocenters. The maximum absolute atomic E-state index is 12.0. The maximum Gasteiger partial charge on any atom is 0.239 e. The van der Waals surface area contributed by atoms with Crippen LogP contribution >= 0.6 is 0 Å². The number of benzene rings is 2. The molecule has 4 rings (SSSR count). The van der Waals surface area contributed by atoms with Gasteiger partial charge in [-0.3, -0.25) is 9.69 Å². The number of imidazole rings is 1. The molecule has 2 aromatic carbocycles. The number of aromatic nitrogens is 2. The van der Waals surface area contributed by atoms with Crippen LogP contribution in [0.15, 0.2) is 54.6 Å². The van der Waals surface area contributed by atoms with E-state index in [0.29, 0.717) is 5.92 Å². The Labute approximate surface area is 146 Å². The van der Waals surface area contributed by atoms with Gasteiger partial charge in [-0.2, -0.15) is 0 Å². The van der Waals surface area contributed by atoms with Gasteiger partial charge in [0.05, 0.1) is 11.0 Å². The number of piperidine rings is 1. The molecular formula is C20H22N4O. The number of H-pyrrole nitrogens is 1. The third kappa shape index (κ3) is 3.15. The van der Waals surface area contributed by atoms with Crippen LogP contribution in [-0.2, 0) is 4.79 Å². The second kappa shape index (κ2) is 6.69. The highest BCUT2D eigenvalue weighted by molar-refractivity contribution is 5.81. The lowest BCUT2D eigenvalue weighted by Gasteiger charge is -2.35. The number of primary amides is 1. The molecule has 0 aliphatic carbocycles. The largest absolute Gasteiger partial charge is 0.368 e. The fraction of sp³-hybridized carbons (Fsp3) is 0.300. The lowest BCUT2D eigenvalue weighted by atomic mass is 9.93. The smallest absolute Gasteiger partial charge is 0.239 e. The van der Waals surface area contributed by atoms with Gasteiger partial charge in [0.25, 0.3) is 0 Å². The van der Waals surface area contributed by atoms with Crippen LogP contribution in [0.25, 0.3) is 11.0 Å². The van der Waals surface area contributed by atoms with Crippen LogP contribution < -0.4 is 5.73 Å². The van der Waals surface area contributed by atoms with Crippen LogP contribution in [0.5, 0.6) is 0 Å². The molecule has 2 heterocycles. The lowest BCUT2D eigenvalue weighted by molar-refractivity contribution is -0.124. The third-order valence-electron chi connectivity index (χ3n) is 5.07. The molecule has 1 aliphatic rings. The molecule has 0 saturated carbocycles.